The second-order valence-electron chi connectivity index (χ2n) is 3.77. The first kappa shape index (κ1) is 11.9. The van der Waals surface area contributed by atoms with Gasteiger partial charge in [0.25, 0.3) is 0 Å². The van der Waals surface area contributed by atoms with Gasteiger partial charge in [0, 0.05) is 25.5 Å². The number of nitrogens with two attached hydrogens (primary N) is 1. The van der Waals surface area contributed by atoms with Crippen molar-refractivity contribution in [2.45, 2.75) is 18.9 Å². The molecular weight excluding hydrogens is 192 g/mol. The maximum atomic E-state index is 6.17. The van der Waals surface area contributed by atoms with Gasteiger partial charge < -0.3 is 15.2 Å². The summed E-state index contributed by atoms with van der Waals surface area (Å²) >= 11 is 0. The lowest BCUT2D eigenvalue weighted by molar-refractivity contribution is 0.172. The van der Waals surface area contributed by atoms with Crippen LogP contribution in [-0.2, 0) is 10.3 Å². The van der Waals surface area contributed by atoms with E-state index < -0.39 is 5.54 Å². The van der Waals surface area contributed by atoms with Crippen LogP contribution in [0.25, 0.3) is 0 Å². The SMILES string of the molecule is COCCC(C)(N)c1cncc(OC)c1. The van der Waals surface area contributed by atoms with E-state index in [1.807, 2.05) is 13.0 Å². The molecule has 4 heteroatoms. The summed E-state index contributed by atoms with van der Waals surface area (Å²) in [6.45, 7) is 2.59. The van der Waals surface area contributed by atoms with E-state index in [0.717, 1.165) is 17.7 Å². The zero-order valence-electron chi connectivity index (χ0n) is 9.49. The van der Waals surface area contributed by atoms with Crippen molar-refractivity contribution >= 4 is 0 Å². The fourth-order valence-corrected chi connectivity index (χ4v) is 1.30. The Morgan fingerprint density at radius 1 is 1.40 bits per heavy atom. The number of aromatic nitrogens is 1. The molecule has 1 atom stereocenters. The molecule has 15 heavy (non-hydrogen) atoms. The number of rotatable bonds is 5. The van der Waals surface area contributed by atoms with Gasteiger partial charge in [-0.15, -0.1) is 0 Å². The van der Waals surface area contributed by atoms with Crippen molar-refractivity contribution in [1.82, 2.24) is 4.98 Å². The molecule has 84 valence electrons. The Labute approximate surface area is 90.4 Å². The van der Waals surface area contributed by atoms with Crippen molar-refractivity contribution in [1.29, 1.82) is 0 Å². The minimum Gasteiger partial charge on any atom is -0.495 e. The highest BCUT2D eigenvalue weighted by atomic mass is 16.5. The second-order valence-corrected chi connectivity index (χ2v) is 3.77. The standard InChI is InChI=1S/C11H18N2O2/c1-11(12,4-5-14-2)9-6-10(15-3)8-13-7-9/h6-8H,4-5,12H2,1-3H3. The molecule has 1 heterocycles. The van der Waals surface area contributed by atoms with Crippen molar-refractivity contribution < 1.29 is 9.47 Å². The quantitative estimate of drug-likeness (QED) is 0.796. The summed E-state index contributed by atoms with van der Waals surface area (Å²) in [6.07, 6.45) is 4.17. The first-order chi connectivity index (χ1) is 7.10. The minimum absolute atomic E-state index is 0.433. The maximum Gasteiger partial charge on any atom is 0.137 e. The van der Waals surface area contributed by atoms with Crippen LogP contribution in [0.1, 0.15) is 18.9 Å². The summed E-state index contributed by atoms with van der Waals surface area (Å²) in [5.41, 5.74) is 6.70. The summed E-state index contributed by atoms with van der Waals surface area (Å²) in [5.74, 6) is 0.724. The summed E-state index contributed by atoms with van der Waals surface area (Å²) in [6, 6.07) is 1.91. The van der Waals surface area contributed by atoms with Crippen LogP contribution >= 0.6 is 0 Å². The third kappa shape index (κ3) is 3.18. The smallest absolute Gasteiger partial charge is 0.137 e. The predicted octanol–water partition coefficient (Wildman–Crippen LogP) is 1.30. The molecule has 0 bridgehead atoms. The van der Waals surface area contributed by atoms with Gasteiger partial charge in [-0.2, -0.15) is 0 Å². The van der Waals surface area contributed by atoms with E-state index in [9.17, 15) is 0 Å². The Morgan fingerprint density at radius 2 is 2.13 bits per heavy atom. The topological polar surface area (TPSA) is 57.4 Å². The van der Waals surface area contributed by atoms with Crippen LogP contribution in [0.2, 0.25) is 0 Å². The monoisotopic (exact) mass is 210 g/mol. The molecule has 2 N–H and O–H groups in total. The van der Waals surface area contributed by atoms with Crippen molar-refractivity contribution in [3.05, 3.63) is 24.0 Å². The van der Waals surface area contributed by atoms with E-state index in [4.69, 9.17) is 15.2 Å². The van der Waals surface area contributed by atoms with Crippen LogP contribution in [0.15, 0.2) is 18.5 Å². The van der Waals surface area contributed by atoms with E-state index in [2.05, 4.69) is 4.98 Å². The predicted molar refractivity (Wildman–Crippen MR) is 58.8 cm³/mol. The molecule has 0 radical (unpaired) electrons. The summed E-state index contributed by atoms with van der Waals surface area (Å²) in [7, 11) is 3.28. The average molecular weight is 210 g/mol. The lowest BCUT2D eigenvalue weighted by atomic mass is 9.91. The van der Waals surface area contributed by atoms with Crippen LogP contribution in [-0.4, -0.2) is 25.8 Å². The van der Waals surface area contributed by atoms with Crippen molar-refractivity contribution in [2.75, 3.05) is 20.8 Å². The highest BCUT2D eigenvalue weighted by Gasteiger charge is 2.21. The van der Waals surface area contributed by atoms with Gasteiger partial charge in [0.15, 0.2) is 0 Å². The van der Waals surface area contributed by atoms with E-state index >= 15 is 0 Å². The number of hydrogen-bond donors (Lipinski definition) is 1. The van der Waals surface area contributed by atoms with E-state index in [1.165, 1.54) is 0 Å². The molecule has 1 unspecified atom stereocenters. The number of pyridine rings is 1. The Balaban J connectivity index is 2.83. The lowest BCUT2D eigenvalue weighted by Crippen LogP contribution is -2.34. The molecule has 0 amide bonds. The first-order valence-electron chi connectivity index (χ1n) is 4.87. The minimum atomic E-state index is -0.433. The molecule has 0 saturated heterocycles. The summed E-state index contributed by atoms with van der Waals surface area (Å²) in [4.78, 5) is 4.08. The van der Waals surface area contributed by atoms with Gasteiger partial charge in [-0.05, 0) is 25.0 Å². The maximum absolute atomic E-state index is 6.17. The number of nitrogens with zero attached hydrogens (tertiary/aromatic N) is 1. The van der Waals surface area contributed by atoms with Crippen LogP contribution < -0.4 is 10.5 Å². The zero-order chi connectivity index (χ0) is 11.3. The summed E-state index contributed by atoms with van der Waals surface area (Å²) in [5, 5.41) is 0. The molecule has 0 aliphatic heterocycles. The Kier molecular flexibility index (Phi) is 4.05. The van der Waals surface area contributed by atoms with Gasteiger partial charge in [-0.1, -0.05) is 0 Å². The fourth-order valence-electron chi connectivity index (χ4n) is 1.30. The molecule has 0 aromatic carbocycles. The van der Waals surface area contributed by atoms with E-state index in [0.29, 0.717) is 6.61 Å². The third-order valence-corrected chi connectivity index (χ3v) is 2.43. The molecule has 0 spiro atoms. The molecule has 0 aliphatic carbocycles. The zero-order valence-corrected chi connectivity index (χ0v) is 9.49. The van der Waals surface area contributed by atoms with Crippen LogP contribution in [0.4, 0.5) is 0 Å². The van der Waals surface area contributed by atoms with Crippen molar-refractivity contribution in [3.63, 3.8) is 0 Å². The summed E-state index contributed by atoms with van der Waals surface area (Å²) < 4.78 is 10.1. The average Bonchev–Trinajstić information content (AvgIpc) is 2.26. The van der Waals surface area contributed by atoms with Crippen LogP contribution in [0.3, 0.4) is 0 Å². The number of methoxy groups -OCH3 is 2. The molecule has 0 saturated carbocycles. The molecule has 0 fully saturated rings. The highest BCUT2D eigenvalue weighted by molar-refractivity contribution is 5.28. The van der Waals surface area contributed by atoms with E-state index in [-0.39, 0.29) is 0 Å². The normalized spacial score (nSPS) is 14.7. The first-order valence-corrected chi connectivity index (χ1v) is 4.87. The van der Waals surface area contributed by atoms with E-state index in [1.54, 1.807) is 26.6 Å². The van der Waals surface area contributed by atoms with Crippen molar-refractivity contribution in [3.8, 4) is 5.75 Å². The molecule has 0 aliphatic rings. The molecule has 1 aromatic heterocycles. The van der Waals surface area contributed by atoms with Gasteiger partial charge in [0.05, 0.1) is 13.3 Å². The number of hydrogen-bond acceptors (Lipinski definition) is 4. The molecular formula is C11H18N2O2. The molecule has 1 aromatic rings. The highest BCUT2D eigenvalue weighted by Crippen LogP contribution is 2.23. The van der Waals surface area contributed by atoms with Gasteiger partial charge in [-0.3, -0.25) is 4.98 Å². The Bertz CT molecular complexity index is 313. The van der Waals surface area contributed by atoms with Crippen LogP contribution in [0.5, 0.6) is 5.75 Å². The largest absolute Gasteiger partial charge is 0.495 e. The molecule has 1 rings (SSSR count). The van der Waals surface area contributed by atoms with Gasteiger partial charge in [-0.25, -0.2) is 0 Å². The molecule has 4 nitrogen and oxygen atoms in total. The number of ether oxygens (including phenoxy) is 2. The van der Waals surface area contributed by atoms with Crippen molar-refractivity contribution in [2.24, 2.45) is 5.73 Å². The van der Waals surface area contributed by atoms with Gasteiger partial charge in [0.2, 0.25) is 0 Å². The van der Waals surface area contributed by atoms with Gasteiger partial charge >= 0.3 is 0 Å². The Hall–Kier alpha value is -1.13. The fraction of sp³-hybridized carbons (Fsp3) is 0.545. The lowest BCUT2D eigenvalue weighted by Gasteiger charge is -2.24. The van der Waals surface area contributed by atoms with Crippen LogP contribution in [0, 0.1) is 0 Å². The second kappa shape index (κ2) is 5.09. The third-order valence-electron chi connectivity index (χ3n) is 2.43. The Morgan fingerprint density at radius 3 is 2.73 bits per heavy atom. The van der Waals surface area contributed by atoms with Gasteiger partial charge in [0.1, 0.15) is 5.75 Å².